The van der Waals surface area contributed by atoms with Gasteiger partial charge in [-0.3, -0.25) is 4.79 Å². The van der Waals surface area contributed by atoms with E-state index in [0.717, 1.165) is 12.8 Å². The zero-order chi connectivity index (χ0) is 11.9. The second kappa shape index (κ2) is 3.47. The van der Waals surface area contributed by atoms with Gasteiger partial charge in [-0.1, -0.05) is 0 Å². The lowest BCUT2D eigenvalue weighted by Gasteiger charge is -2.13. The third kappa shape index (κ3) is 2.01. The van der Waals surface area contributed by atoms with Gasteiger partial charge >= 0.3 is 0 Å². The SMILES string of the molecule is Cc1cc(N)cc(C(=O)NC2(C)CC2)c1F. The summed E-state index contributed by atoms with van der Waals surface area (Å²) in [5, 5.41) is 2.81. The predicted molar refractivity (Wildman–Crippen MR) is 60.7 cm³/mol. The summed E-state index contributed by atoms with van der Waals surface area (Å²) in [5.74, 6) is -0.871. The third-order valence-electron chi connectivity index (χ3n) is 2.94. The number of nitrogens with one attached hydrogen (secondary N) is 1. The minimum Gasteiger partial charge on any atom is -0.399 e. The maximum Gasteiger partial charge on any atom is 0.254 e. The van der Waals surface area contributed by atoms with E-state index in [-0.39, 0.29) is 17.0 Å². The molecule has 0 heterocycles. The monoisotopic (exact) mass is 222 g/mol. The number of hydrogen-bond acceptors (Lipinski definition) is 2. The van der Waals surface area contributed by atoms with E-state index >= 15 is 0 Å². The molecule has 0 saturated heterocycles. The van der Waals surface area contributed by atoms with Crippen molar-refractivity contribution in [1.82, 2.24) is 5.32 Å². The third-order valence-corrected chi connectivity index (χ3v) is 2.94. The fourth-order valence-corrected chi connectivity index (χ4v) is 1.62. The Bertz CT molecular complexity index is 453. The van der Waals surface area contributed by atoms with Crippen LogP contribution in [0, 0.1) is 12.7 Å². The number of hydrogen-bond donors (Lipinski definition) is 2. The molecule has 1 fully saturated rings. The van der Waals surface area contributed by atoms with E-state index in [1.165, 1.54) is 12.1 Å². The van der Waals surface area contributed by atoms with Crippen LogP contribution in [-0.2, 0) is 0 Å². The lowest BCUT2D eigenvalue weighted by Crippen LogP contribution is -2.34. The highest BCUT2D eigenvalue weighted by molar-refractivity contribution is 5.96. The second-order valence-electron chi connectivity index (χ2n) is 4.71. The van der Waals surface area contributed by atoms with Crippen LogP contribution in [0.2, 0.25) is 0 Å². The normalized spacial score (nSPS) is 16.9. The number of aryl methyl sites for hydroxylation is 1. The molecule has 0 aliphatic heterocycles. The first-order chi connectivity index (χ1) is 7.41. The van der Waals surface area contributed by atoms with E-state index in [4.69, 9.17) is 5.73 Å². The van der Waals surface area contributed by atoms with Crippen LogP contribution in [0.3, 0.4) is 0 Å². The summed E-state index contributed by atoms with van der Waals surface area (Å²) in [6, 6.07) is 2.90. The van der Waals surface area contributed by atoms with Gasteiger partial charge in [0.2, 0.25) is 0 Å². The Hall–Kier alpha value is -1.58. The molecule has 2 rings (SSSR count). The van der Waals surface area contributed by atoms with Gasteiger partial charge in [0.05, 0.1) is 5.56 Å². The van der Waals surface area contributed by atoms with Gasteiger partial charge in [0, 0.05) is 11.2 Å². The molecule has 16 heavy (non-hydrogen) atoms. The number of nitrogens with two attached hydrogens (primary N) is 1. The lowest BCUT2D eigenvalue weighted by molar-refractivity contribution is 0.0931. The zero-order valence-electron chi connectivity index (χ0n) is 9.43. The number of anilines is 1. The highest BCUT2D eigenvalue weighted by Gasteiger charge is 2.39. The average Bonchev–Trinajstić information content (AvgIpc) is 2.89. The van der Waals surface area contributed by atoms with Crippen LogP contribution >= 0.6 is 0 Å². The largest absolute Gasteiger partial charge is 0.399 e. The van der Waals surface area contributed by atoms with Crippen molar-refractivity contribution in [2.75, 3.05) is 5.73 Å². The summed E-state index contributed by atoms with van der Waals surface area (Å²) in [6.45, 7) is 3.54. The van der Waals surface area contributed by atoms with Gasteiger partial charge < -0.3 is 11.1 Å². The summed E-state index contributed by atoms with van der Waals surface area (Å²) >= 11 is 0. The Morgan fingerprint density at radius 2 is 2.12 bits per heavy atom. The summed E-state index contributed by atoms with van der Waals surface area (Å²) in [4.78, 5) is 11.8. The molecule has 0 unspecified atom stereocenters. The molecular weight excluding hydrogens is 207 g/mol. The molecule has 0 radical (unpaired) electrons. The van der Waals surface area contributed by atoms with Gasteiger partial charge in [0.25, 0.3) is 5.91 Å². The van der Waals surface area contributed by atoms with Crippen molar-refractivity contribution in [3.8, 4) is 0 Å². The Balaban J connectivity index is 2.28. The van der Waals surface area contributed by atoms with Crippen LogP contribution < -0.4 is 11.1 Å². The number of rotatable bonds is 2. The van der Waals surface area contributed by atoms with E-state index in [1.54, 1.807) is 6.92 Å². The molecule has 1 aromatic rings. The number of halogens is 1. The standard InChI is InChI=1S/C12H15FN2O/c1-7-5-8(14)6-9(10(7)13)11(16)15-12(2)3-4-12/h5-6H,3-4,14H2,1-2H3,(H,15,16). The maximum atomic E-state index is 13.7. The minimum absolute atomic E-state index is 0.0330. The summed E-state index contributed by atoms with van der Waals surface area (Å²) < 4.78 is 13.7. The number of carbonyl (C=O) groups is 1. The van der Waals surface area contributed by atoms with Gasteiger partial charge in [0.1, 0.15) is 5.82 Å². The molecule has 1 aliphatic carbocycles. The highest BCUT2D eigenvalue weighted by atomic mass is 19.1. The van der Waals surface area contributed by atoms with Gasteiger partial charge in [0.15, 0.2) is 0 Å². The Kier molecular flexibility index (Phi) is 2.37. The van der Waals surface area contributed by atoms with Crippen molar-refractivity contribution in [1.29, 1.82) is 0 Å². The topological polar surface area (TPSA) is 55.1 Å². The first-order valence-electron chi connectivity index (χ1n) is 5.29. The van der Waals surface area contributed by atoms with Crippen LogP contribution in [0.25, 0.3) is 0 Å². The molecule has 0 atom stereocenters. The second-order valence-corrected chi connectivity index (χ2v) is 4.71. The van der Waals surface area contributed by atoms with E-state index in [2.05, 4.69) is 5.32 Å². The molecule has 1 aromatic carbocycles. The molecule has 0 bridgehead atoms. The van der Waals surface area contributed by atoms with Crippen LogP contribution in [0.5, 0.6) is 0 Å². The smallest absolute Gasteiger partial charge is 0.254 e. The molecule has 86 valence electrons. The quantitative estimate of drug-likeness (QED) is 0.752. The number of carbonyl (C=O) groups excluding carboxylic acids is 1. The fourth-order valence-electron chi connectivity index (χ4n) is 1.62. The van der Waals surface area contributed by atoms with Gasteiger partial charge in [-0.15, -0.1) is 0 Å². The number of amides is 1. The van der Waals surface area contributed by atoms with Crippen LogP contribution in [-0.4, -0.2) is 11.4 Å². The molecule has 0 aromatic heterocycles. The first kappa shape index (κ1) is 10.9. The van der Waals surface area contributed by atoms with Crippen LogP contribution in [0.1, 0.15) is 35.7 Å². The molecule has 1 amide bonds. The van der Waals surface area contributed by atoms with Gasteiger partial charge in [-0.25, -0.2) is 4.39 Å². The summed E-state index contributed by atoms with van der Waals surface area (Å²) in [7, 11) is 0. The first-order valence-corrected chi connectivity index (χ1v) is 5.29. The van der Waals surface area contributed by atoms with Crippen molar-refractivity contribution in [3.05, 3.63) is 29.1 Å². The number of benzene rings is 1. The molecule has 3 nitrogen and oxygen atoms in total. The average molecular weight is 222 g/mol. The van der Waals surface area contributed by atoms with Crippen molar-refractivity contribution in [3.63, 3.8) is 0 Å². The van der Waals surface area contributed by atoms with E-state index < -0.39 is 5.82 Å². The Morgan fingerprint density at radius 1 is 1.50 bits per heavy atom. The lowest BCUT2D eigenvalue weighted by atomic mass is 10.1. The predicted octanol–water partition coefficient (Wildman–Crippen LogP) is 2.00. The number of nitrogen functional groups attached to an aromatic ring is 1. The molecule has 4 heteroatoms. The van der Waals surface area contributed by atoms with Crippen molar-refractivity contribution in [2.45, 2.75) is 32.2 Å². The minimum atomic E-state index is -0.490. The van der Waals surface area contributed by atoms with Crippen LogP contribution in [0.4, 0.5) is 10.1 Å². The molecule has 0 spiro atoms. The Morgan fingerprint density at radius 3 is 2.69 bits per heavy atom. The van der Waals surface area contributed by atoms with Gasteiger partial charge in [-0.05, 0) is 44.4 Å². The van der Waals surface area contributed by atoms with E-state index in [0.29, 0.717) is 11.3 Å². The highest BCUT2D eigenvalue weighted by Crippen LogP contribution is 2.34. The zero-order valence-corrected chi connectivity index (χ0v) is 9.43. The van der Waals surface area contributed by atoms with Crippen molar-refractivity contribution >= 4 is 11.6 Å². The molecule has 1 saturated carbocycles. The van der Waals surface area contributed by atoms with E-state index in [9.17, 15) is 9.18 Å². The maximum absolute atomic E-state index is 13.7. The van der Waals surface area contributed by atoms with Crippen molar-refractivity contribution < 1.29 is 9.18 Å². The van der Waals surface area contributed by atoms with Gasteiger partial charge in [-0.2, -0.15) is 0 Å². The summed E-state index contributed by atoms with van der Waals surface area (Å²) in [5.41, 5.74) is 6.28. The van der Waals surface area contributed by atoms with Crippen molar-refractivity contribution in [2.24, 2.45) is 0 Å². The fraction of sp³-hybridized carbons (Fsp3) is 0.417. The van der Waals surface area contributed by atoms with Crippen LogP contribution in [0.15, 0.2) is 12.1 Å². The Labute approximate surface area is 93.8 Å². The van der Waals surface area contributed by atoms with E-state index in [1.807, 2.05) is 6.92 Å². The summed E-state index contributed by atoms with van der Waals surface area (Å²) in [6.07, 6.45) is 1.89. The molecule has 3 N–H and O–H groups in total. The molecule has 1 aliphatic rings. The molecular formula is C12H15FN2O.